The minimum atomic E-state index is 0.463. The van der Waals surface area contributed by atoms with E-state index in [0.717, 1.165) is 34.5 Å². The molecule has 6 nitrogen and oxygen atoms in total. The number of hydrogen-bond acceptors (Lipinski definition) is 5. The van der Waals surface area contributed by atoms with Crippen LogP contribution >= 0.6 is 11.6 Å². The number of ether oxygens (including phenoxy) is 1. The number of fused-ring (bicyclic) bond motifs is 1. The van der Waals surface area contributed by atoms with Gasteiger partial charge in [-0.2, -0.15) is 0 Å². The molecule has 3 aromatic carbocycles. The minimum absolute atomic E-state index is 0.463. The van der Waals surface area contributed by atoms with E-state index in [-0.39, 0.29) is 0 Å². The van der Waals surface area contributed by atoms with E-state index in [0.29, 0.717) is 35.5 Å². The molecule has 5 aromatic rings. The lowest BCUT2D eigenvalue weighted by Gasteiger charge is -2.14. The summed E-state index contributed by atoms with van der Waals surface area (Å²) in [6, 6.07) is 22.1. The topological polar surface area (TPSA) is 67.2 Å². The van der Waals surface area contributed by atoms with Crippen molar-refractivity contribution in [3.05, 3.63) is 101 Å². The van der Waals surface area contributed by atoms with Gasteiger partial charge < -0.3 is 14.1 Å². The zero-order valence-electron chi connectivity index (χ0n) is 19.9. The van der Waals surface area contributed by atoms with Crippen molar-refractivity contribution >= 4 is 22.6 Å². The number of likely N-dealkylation sites (tertiary alicyclic amines) is 1. The van der Waals surface area contributed by atoms with Crippen LogP contribution < -0.4 is 4.74 Å². The van der Waals surface area contributed by atoms with E-state index < -0.39 is 0 Å². The highest BCUT2D eigenvalue weighted by molar-refractivity contribution is 6.30. The molecule has 1 saturated heterocycles. The van der Waals surface area contributed by atoms with Gasteiger partial charge in [0.15, 0.2) is 11.7 Å². The van der Waals surface area contributed by atoms with Crippen LogP contribution in [0.15, 0.2) is 77.4 Å². The first-order valence-corrected chi connectivity index (χ1v) is 12.7. The van der Waals surface area contributed by atoms with E-state index in [2.05, 4.69) is 28.1 Å². The molecule has 2 aromatic heterocycles. The molecule has 6 rings (SSSR count). The first kappa shape index (κ1) is 22.8. The van der Waals surface area contributed by atoms with Gasteiger partial charge in [-0.15, -0.1) is 0 Å². The molecular formula is C29H27ClN4O2. The summed E-state index contributed by atoms with van der Waals surface area (Å²) in [5.74, 6) is 2.04. The molecule has 182 valence electrons. The van der Waals surface area contributed by atoms with Crippen molar-refractivity contribution in [3.63, 3.8) is 0 Å². The molecule has 0 unspecified atom stereocenters. The molecule has 0 bridgehead atoms. The van der Waals surface area contributed by atoms with Crippen LogP contribution in [0.25, 0.3) is 22.6 Å². The Morgan fingerprint density at radius 3 is 2.67 bits per heavy atom. The summed E-state index contributed by atoms with van der Waals surface area (Å²) < 4.78 is 11.9. The monoisotopic (exact) mass is 498 g/mol. The number of hydrogen-bond donors (Lipinski definition) is 1. The fraction of sp³-hybridized carbons (Fsp3) is 0.241. The van der Waals surface area contributed by atoms with Crippen LogP contribution in [0.3, 0.4) is 0 Å². The van der Waals surface area contributed by atoms with E-state index in [9.17, 15) is 0 Å². The molecule has 0 spiro atoms. The number of aromatic amines is 1. The van der Waals surface area contributed by atoms with Crippen molar-refractivity contribution in [2.45, 2.75) is 32.4 Å². The molecule has 0 amide bonds. The Hall–Kier alpha value is -3.61. The summed E-state index contributed by atoms with van der Waals surface area (Å²) in [7, 11) is 0. The number of rotatable bonds is 8. The molecule has 1 N–H and O–H groups in total. The lowest BCUT2D eigenvalue weighted by molar-refractivity contribution is 0.302. The highest BCUT2D eigenvalue weighted by Crippen LogP contribution is 2.28. The fourth-order valence-corrected chi connectivity index (χ4v) is 4.90. The maximum atomic E-state index is 6.29. The molecule has 3 heterocycles. The lowest BCUT2D eigenvalue weighted by atomic mass is 10.1. The van der Waals surface area contributed by atoms with E-state index in [4.69, 9.17) is 30.7 Å². The molecular weight excluding hydrogens is 472 g/mol. The molecule has 0 atom stereocenters. The van der Waals surface area contributed by atoms with Gasteiger partial charge in [-0.05, 0) is 67.4 Å². The first-order valence-electron chi connectivity index (χ1n) is 12.3. The summed E-state index contributed by atoms with van der Waals surface area (Å²) in [6.07, 6.45) is 4.69. The molecule has 0 radical (unpaired) electrons. The summed E-state index contributed by atoms with van der Waals surface area (Å²) in [5.41, 5.74) is 5.93. The summed E-state index contributed by atoms with van der Waals surface area (Å²) >= 11 is 6.29. The number of nitrogens with zero attached hydrogens (tertiary/aromatic N) is 3. The zero-order valence-corrected chi connectivity index (χ0v) is 20.7. The number of H-pyrrole nitrogens is 1. The van der Waals surface area contributed by atoms with Gasteiger partial charge in [0.25, 0.3) is 0 Å². The Kier molecular flexibility index (Phi) is 6.45. The third-order valence-electron chi connectivity index (χ3n) is 6.55. The van der Waals surface area contributed by atoms with Crippen LogP contribution in [-0.4, -0.2) is 32.9 Å². The second-order valence-electron chi connectivity index (χ2n) is 9.25. The Balaban J connectivity index is 1.19. The van der Waals surface area contributed by atoms with Gasteiger partial charge in [-0.1, -0.05) is 48.0 Å². The smallest absolute Gasteiger partial charge is 0.199 e. The maximum absolute atomic E-state index is 6.29. The number of nitrogens with one attached hydrogen (secondary N) is 1. The van der Waals surface area contributed by atoms with Gasteiger partial charge in [0.1, 0.15) is 24.3 Å². The largest absolute Gasteiger partial charge is 0.489 e. The van der Waals surface area contributed by atoms with Gasteiger partial charge in [0.05, 0.1) is 17.5 Å². The Morgan fingerprint density at radius 2 is 1.81 bits per heavy atom. The van der Waals surface area contributed by atoms with Crippen molar-refractivity contribution in [2.24, 2.45) is 0 Å². The highest BCUT2D eigenvalue weighted by atomic mass is 35.5. The van der Waals surface area contributed by atoms with Crippen LogP contribution in [0.1, 0.15) is 35.4 Å². The second-order valence-corrected chi connectivity index (χ2v) is 9.69. The minimum Gasteiger partial charge on any atom is -0.489 e. The first-order chi connectivity index (χ1) is 17.7. The summed E-state index contributed by atoms with van der Waals surface area (Å²) in [4.78, 5) is 15.3. The maximum Gasteiger partial charge on any atom is 0.199 e. The van der Waals surface area contributed by atoms with Gasteiger partial charge in [0.2, 0.25) is 0 Å². The van der Waals surface area contributed by atoms with Crippen molar-refractivity contribution in [1.29, 1.82) is 0 Å². The van der Waals surface area contributed by atoms with E-state index in [1.807, 2.05) is 48.5 Å². The van der Waals surface area contributed by atoms with Gasteiger partial charge in [0, 0.05) is 17.1 Å². The fourth-order valence-electron chi connectivity index (χ4n) is 4.70. The Bertz CT molecular complexity index is 1470. The predicted molar refractivity (Wildman–Crippen MR) is 141 cm³/mol. The van der Waals surface area contributed by atoms with Gasteiger partial charge in [-0.25, -0.2) is 9.97 Å². The zero-order chi connectivity index (χ0) is 24.3. The van der Waals surface area contributed by atoms with Crippen molar-refractivity contribution < 1.29 is 9.15 Å². The van der Waals surface area contributed by atoms with Crippen molar-refractivity contribution in [3.8, 4) is 17.3 Å². The molecule has 0 saturated carbocycles. The SMILES string of the molecule is Clc1ccc(OCc2ccccc2)c(Cc2nc(-c3nc4ccc(CN5CCCC5)cc4[nH]3)co2)c1. The van der Waals surface area contributed by atoms with E-state index in [1.54, 1.807) is 6.26 Å². The number of imidazole rings is 1. The van der Waals surface area contributed by atoms with Crippen molar-refractivity contribution in [1.82, 2.24) is 19.9 Å². The average molecular weight is 499 g/mol. The molecule has 1 fully saturated rings. The van der Waals surface area contributed by atoms with Crippen molar-refractivity contribution in [2.75, 3.05) is 13.1 Å². The standard InChI is InChI=1S/C29H27ClN4O2/c30-23-9-11-27(35-18-20-6-2-1-3-7-20)22(15-23)16-28-31-26(19-36-28)29-32-24-10-8-21(14-25(24)33-29)17-34-12-4-5-13-34/h1-3,6-11,14-15,19H,4-5,12-13,16-18H2,(H,32,33). The van der Waals surface area contributed by atoms with Crippen LogP contribution in [-0.2, 0) is 19.6 Å². The van der Waals surface area contributed by atoms with Gasteiger partial charge in [-0.3, -0.25) is 4.90 Å². The van der Waals surface area contributed by atoms with Crippen LogP contribution in [0.2, 0.25) is 5.02 Å². The predicted octanol–water partition coefficient (Wildman–Crippen LogP) is 6.64. The molecule has 0 aliphatic carbocycles. The number of benzene rings is 3. The van der Waals surface area contributed by atoms with Gasteiger partial charge >= 0.3 is 0 Å². The average Bonchev–Trinajstić information content (AvgIpc) is 3.65. The molecule has 7 heteroatoms. The highest BCUT2D eigenvalue weighted by Gasteiger charge is 2.16. The van der Waals surface area contributed by atoms with E-state index in [1.165, 1.54) is 31.5 Å². The third kappa shape index (κ3) is 5.15. The Labute approximate surface area is 214 Å². The van der Waals surface area contributed by atoms with Crippen LogP contribution in [0.4, 0.5) is 0 Å². The van der Waals surface area contributed by atoms with Crippen LogP contribution in [0.5, 0.6) is 5.75 Å². The number of oxazole rings is 1. The van der Waals surface area contributed by atoms with Crippen LogP contribution in [0, 0.1) is 0 Å². The number of halogens is 1. The lowest BCUT2D eigenvalue weighted by Crippen LogP contribution is -2.18. The molecule has 1 aliphatic rings. The quantitative estimate of drug-likeness (QED) is 0.260. The second kappa shape index (κ2) is 10.2. The molecule has 1 aliphatic heterocycles. The Morgan fingerprint density at radius 1 is 0.944 bits per heavy atom. The third-order valence-corrected chi connectivity index (χ3v) is 6.78. The summed E-state index contributed by atoms with van der Waals surface area (Å²) in [6.45, 7) is 3.82. The number of aromatic nitrogens is 3. The molecule has 36 heavy (non-hydrogen) atoms. The normalized spacial score (nSPS) is 14.0. The summed E-state index contributed by atoms with van der Waals surface area (Å²) in [5, 5.41) is 0.644. The van der Waals surface area contributed by atoms with E-state index >= 15 is 0 Å².